The molecule has 1 heterocycles. The Labute approximate surface area is 91.5 Å². The summed E-state index contributed by atoms with van der Waals surface area (Å²) in [7, 11) is 0. The van der Waals surface area contributed by atoms with Crippen molar-refractivity contribution >= 4 is 5.97 Å². The van der Waals surface area contributed by atoms with Crippen molar-refractivity contribution in [3.8, 4) is 0 Å². The number of hydrogen-bond acceptors (Lipinski definition) is 4. The van der Waals surface area contributed by atoms with Gasteiger partial charge in [0.15, 0.2) is 0 Å². The fourth-order valence-corrected chi connectivity index (χ4v) is 1.72. The maximum absolute atomic E-state index is 12.0. The molecule has 0 radical (unpaired) electrons. The molecule has 1 aliphatic rings. The molecule has 4 heteroatoms. The van der Waals surface area contributed by atoms with Crippen LogP contribution in [0.2, 0.25) is 0 Å². The van der Waals surface area contributed by atoms with Gasteiger partial charge in [-0.3, -0.25) is 4.79 Å². The van der Waals surface area contributed by atoms with Crippen LogP contribution >= 0.6 is 0 Å². The van der Waals surface area contributed by atoms with E-state index < -0.39 is 11.0 Å². The van der Waals surface area contributed by atoms with Crippen molar-refractivity contribution < 1.29 is 9.53 Å². The van der Waals surface area contributed by atoms with Gasteiger partial charge in [-0.05, 0) is 27.2 Å². The van der Waals surface area contributed by atoms with Gasteiger partial charge in [-0.2, -0.15) is 0 Å². The Balaban J connectivity index is 2.70. The predicted molar refractivity (Wildman–Crippen MR) is 59.4 cm³/mol. The standard InChI is InChI=1S/C11H22N2O2/c1-5-8(12)11(6-13-7-11)9(14)15-10(2,3)4/h8,13H,5-7,12H2,1-4H3/t8-/m0/s1. The van der Waals surface area contributed by atoms with E-state index in [0.29, 0.717) is 13.1 Å². The smallest absolute Gasteiger partial charge is 0.316 e. The molecule has 0 aromatic carbocycles. The largest absolute Gasteiger partial charge is 0.459 e. The van der Waals surface area contributed by atoms with Crippen LogP contribution in [0.4, 0.5) is 0 Å². The molecule has 0 unspecified atom stereocenters. The van der Waals surface area contributed by atoms with Crippen molar-refractivity contribution in [2.45, 2.75) is 45.8 Å². The monoisotopic (exact) mass is 214 g/mol. The van der Waals surface area contributed by atoms with E-state index in [2.05, 4.69) is 5.32 Å². The maximum Gasteiger partial charge on any atom is 0.316 e. The highest BCUT2D eigenvalue weighted by Crippen LogP contribution is 2.31. The van der Waals surface area contributed by atoms with Crippen LogP contribution in [-0.4, -0.2) is 30.7 Å². The predicted octanol–water partition coefficient (Wildman–Crippen LogP) is 0.655. The van der Waals surface area contributed by atoms with Crippen LogP contribution in [0.5, 0.6) is 0 Å². The van der Waals surface area contributed by atoms with Crippen LogP contribution in [0.25, 0.3) is 0 Å². The number of carbonyl (C=O) groups excluding carboxylic acids is 1. The highest BCUT2D eigenvalue weighted by Gasteiger charge is 2.50. The van der Waals surface area contributed by atoms with E-state index in [-0.39, 0.29) is 12.0 Å². The number of nitrogens with one attached hydrogen (secondary N) is 1. The summed E-state index contributed by atoms with van der Waals surface area (Å²) in [5.41, 5.74) is 5.06. The SMILES string of the molecule is CC[C@H](N)C1(C(=O)OC(C)(C)C)CNC1. The van der Waals surface area contributed by atoms with Crippen molar-refractivity contribution in [2.75, 3.05) is 13.1 Å². The van der Waals surface area contributed by atoms with Crippen LogP contribution in [0.1, 0.15) is 34.1 Å². The minimum absolute atomic E-state index is 0.117. The highest BCUT2D eigenvalue weighted by atomic mass is 16.6. The molecule has 0 amide bonds. The molecule has 1 aliphatic heterocycles. The van der Waals surface area contributed by atoms with Crippen LogP contribution in [0, 0.1) is 5.41 Å². The number of carbonyl (C=O) groups is 1. The van der Waals surface area contributed by atoms with Gasteiger partial charge in [0.05, 0.1) is 0 Å². The van der Waals surface area contributed by atoms with Gasteiger partial charge in [0.2, 0.25) is 0 Å². The lowest BCUT2D eigenvalue weighted by Gasteiger charge is -2.45. The van der Waals surface area contributed by atoms with E-state index in [1.54, 1.807) is 0 Å². The first kappa shape index (κ1) is 12.5. The molecule has 0 bridgehead atoms. The lowest BCUT2D eigenvalue weighted by Crippen LogP contribution is -2.67. The van der Waals surface area contributed by atoms with Crippen molar-refractivity contribution in [1.82, 2.24) is 5.32 Å². The zero-order chi connectivity index (χ0) is 11.7. The lowest BCUT2D eigenvalue weighted by molar-refractivity contribution is -0.172. The van der Waals surface area contributed by atoms with Gasteiger partial charge in [0.25, 0.3) is 0 Å². The van der Waals surface area contributed by atoms with Gasteiger partial charge in [-0.1, -0.05) is 6.92 Å². The molecule has 1 atom stereocenters. The molecular formula is C11H22N2O2. The third kappa shape index (κ3) is 2.49. The molecule has 0 aromatic heterocycles. The highest BCUT2D eigenvalue weighted by molar-refractivity contribution is 5.80. The van der Waals surface area contributed by atoms with Gasteiger partial charge >= 0.3 is 5.97 Å². The van der Waals surface area contributed by atoms with E-state index in [4.69, 9.17) is 10.5 Å². The summed E-state index contributed by atoms with van der Waals surface area (Å²) in [6, 6.07) is -0.117. The van der Waals surface area contributed by atoms with E-state index in [9.17, 15) is 4.79 Å². The molecular weight excluding hydrogens is 192 g/mol. The minimum atomic E-state index is -0.498. The molecule has 0 aliphatic carbocycles. The Morgan fingerprint density at radius 2 is 2.07 bits per heavy atom. The van der Waals surface area contributed by atoms with E-state index in [1.165, 1.54) is 0 Å². The van der Waals surface area contributed by atoms with Crippen LogP contribution in [0.15, 0.2) is 0 Å². The summed E-state index contributed by atoms with van der Waals surface area (Å²) in [5.74, 6) is -0.164. The van der Waals surface area contributed by atoms with Crippen LogP contribution in [0.3, 0.4) is 0 Å². The first-order chi connectivity index (χ1) is 6.82. The zero-order valence-electron chi connectivity index (χ0n) is 10.1. The first-order valence-corrected chi connectivity index (χ1v) is 5.51. The third-order valence-electron chi connectivity index (χ3n) is 2.84. The van der Waals surface area contributed by atoms with Crippen LogP contribution in [-0.2, 0) is 9.53 Å². The summed E-state index contributed by atoms with van der Waals surface area (Å²) < 4.78 is 5.41. The molecule has 0 aromatic rings. The van der Waals surface area contributed by atoms with E-state index in [0.717, 1.165) is 6.42 Å². The normalized spacial score (nSPS) is 21.7. The summed E-state index contributed by atoms with van der Waals surface area (Å²) in [6.45, 7) is 8.90. The number of rotatable bonds is 3. The van der Waals surface area contributed by atoms with E-state index in [1.807, 2.05) is 27.7 Å². The van der Waals surface area contributed by atoms with Crippen molar-refractivity contribution in [1.29, 1.82) is 0 Å². The quantitative estimate of drug-likeness (QED) is 0.677. The van der Waals surface area contributed by atoms with Crippen molar-refractivity contribution in [2.24, 2.45) is 11.1 Å². The third-order valence-corrected chi connectivity index (χ3v) is 2.84. The number of nitrogens with two attached hydrogens (primary N) is 1. The molecule has 0 spiro atoms. The van der Waals surface area contributed by atoms with Gasteiger partial charge in [0.1, 0.15) is 11.0 Å². The summed E-state index contributed by atoms with van der Waals surface area (Å²) in [5, 5.41) is 3.10. The summed E-state index contributed by atoms with van der Waals surface area (Å²) >= 11 is 0. The Kier molecular flexibility index (Phi) is 3.41. The number of ether oxygens (including phenoxy) is 1. The first-order valence-electron chi connectivity index (χ1n) is 5.51. The molecule has 3 N–H and O–H groups in total. The second kappa shape index (κ2) is 4.10. The fourth-order valence-electron chi connectivity index (χ4n) is 1.72. The Morgan fingerprint density at radius 3 is 2.33 bits per heavy atom. The summed E-state index contributed by atoms with van der Waals surface area (Å²) in [6.07, 6.45) is 0.793. The average Bonchev–Trinajstić information content (AvgIpc) is 1.98. The van der Waals surface area contributed by atoms with Gasteiger partial charge < -0.3 is 15.8 Å². The maximum atomic E-state index is 12.0. The molecule has 1 rings (SSSR count). The van der Waals surface area contributed by atoms with Crippen LogP contribution < -0.4 is 11.1 Å². The van der Waals surface area contributed by atoms with Gasteiger partial charge in [-0.25, -0.2) is 0 Å². The molecule has 0 saturated carbocycles. The van der Waals surface area contributed by atoms with Crippen molar-refractivity contribution in [3.05, 3.63) is 0 Å². The second-order valence-corrected chi connectivity index (χ2v) is 5.28. The zero-order valence-corrected chi connectivity index (χ0v) is 10.1. The molecule has 88 valence electrons. The van der Waals surface area contributed by atoms with Gasteiger partial charge in [0, 0.05) is 19.1 Å². The number of hydrogen-bond donors (Lipinski definition) is 2. The molecule has 1 saturated heterocycles. The van der Waals surface area contributed by atoms with Crippen molar-refractivity contribution in [3.63, 3.8) is 0 Å². The topological polar surface area (TPSA) is 64.4 Å². The molecule has 1 fully saturated rings. The molecule has 4 nitrogen and oxygen atoms in total. The van der Waals surface area contributed by atoms with Gasteiger partial charge in [-0.15, -0.1) is 0 Å². The van der Waals surface area contributed by atoms with E-state index >= 15 is 0 Å². The fraction of sp³-hybridized carbons (Fsp3) is 0.909. The minimum Gasteiger partial charge on any atom is -0.459 e. The average molecular weight is 214 g/mol. The Morgan fingerprint density at radius 1 is 1.53 bits per heavy atom. The lowest BCUT2D eigenvalue weighted by atomic mass is 9.74. The Bertz CT molecular complexity index is 241. The summed E-state index contributed by atoms with van der Waals surface area (Å²) in [4.78, 5) is 12.0. The molecule has 15 heavy (non-hydrogen) atoms. The Hall–Kier alpha value is -0.610. The number of esters is 1. The second-order valence-electron chi connectivity index (χ2n) is 5.28.